The molecule has 0 bridgehead atoms. The molecule has 1 aliphatic rings. The minimum Gasteiger partial charge on any atom is -0.352 e. The molecular formula is C28H26FN5OS. The number of rotatable bonds is 7. The summed E-state index contributed by atoms with van der Waals surface area (Å²) in [5, 5.41) is 6.98. The Morgan fingerprint density at radius 3 is 2.58 bits per heavy atom. The van der Waals surface area contributed by atoms with Gasteiger partial charge in [-0.05, 0) is 79.3 Å². The number of halogens is 1. The molecule has 36 heavy (non-hydrogen) atoms. The van der Waals surface area contributed by atoms with Crippen molar-refractivity contribution in [2.24, 2.45) is 0 Å². The van der Waals surface area contributed by atoms with Crippen LogP contribution in [0.1, 0.15) is 35.5 Å². The fourth-order valence-electron chi connectivity index (χ4n) is 4.59. The number of benzene rings is 2. The topological polar surface area (TPSA) is 62.2 Å². The molecule has 8 heteroatoms. The van der Waals surface area contributed by atoms with Gasteiger partial charge in [0, 0.05) is 42.4 Å². The fourth-order valence-corrected chi connectivity index (χ4v) is 4.92. The third-order valence-corrected chi connectivity index (χ3v) is 6.74. The standard InChI is InChI=1S/C28H26FN5OS/c1-19-7-2-3-8-22(19)31-25(35)15-18-34-27(26(32-28(34)36)23-9-4-5-16-30-23)24-10-6-17-33(24)21-13-11-20(29)12-14-21/h2-14,16-17,26-27H,15,18H2,1H3,(H,31,35)(H,32,36). The molecule has 5 rings (SSSR count). The molecule has 2 N–H and O–H groups in total. The lowest BCUT2D eigenvalue weighted by atomic mass is 10.0. The highest BCUT2D eigenvalue weighted by atomic mass is 32.1. The summed E-state index contributed by atoms with van der Waals surface area (Å²) in [6, 6.07) is 23.4. The van der Waals surface area contributed by atoms with Crippen LogP contribution in [0.4, 0.5) is 10.1 Å². The van der Waals surface area contributed by atoms with Crippen LogP contribution in [0.5, 0.6) is 0 Å². The Hall–Kier alpha value is -4.04. The van der Waals surface area contributed by atoms with Gasteiger partial charge in [-0.3, -0.25) is 9.78 Å². The lowest BCUT2D eigenvalue weighted by Gasteiger charge is -2.29. The number of hydrogen-bond donors (Lipinski definition) is 2. The van der Waals surface area contributed by atoms with Gasteiger partial charge >= 0.3 is 0 Å². The molecule has 0 spiro atoms. The van der Waals surface area contributed by atoms with Crippen molar-refractivity contribution in [1.29, 1.82) is 0 Å². The number of para-hydroxylation sites is 1. The van der Waals surface area contributed by atoms with E-state index >= 15 is 0 Å². The van der Waals surface area contributed by atoms with Crippen molar-refractivity contribution in [2.45, 2.75) is 25.4 Å². The third-order valence-electron chi connectivity index (χ3n) is 6.38. The number of aromatic nitrogens is 2. The summed E-state index contributed by atoms with van der Waals surface area (Å²) in [5.41, 5.74) is 4.46. The van der Waals surface area contributed by atoms with Crippen LogP contribution in [-0.4, -0.2) is 32.0 Å². The number of hydrogen-bond acceptors (Lipinski definition) is 3. The predicted octanol–water partition coefficient (Wildman–Crippen LogP) is 5.32. The number of pyridine rings is 1. The third kappa shape index (κ3) is 4.85. The van der Waals surface area contributed by atoms with E-state index in [4.69, 9.17) is 12.2 Å². The summed E-state index contributed by atoms with van der Waals surface area (Å²) >= 11 is 5.74. The predicted molar refractivity (Wildman–Crippen MR) is 142 cm³/mol. The van der Waals surface area contributed by atoms with E-state index in [1.165, 1.54) is 12.1 Å². The second-order valence-electron chi connectivity index (χ2n) is 8.71. The van der Waals surface area contributed by atoms with Gasteiger partial charge in [-0.25, -0.2) is 4.39 Å². The van der Waals surface area contributed by atoms with Gasteiger partial charge in [0.15, 0.2) is 5.11 Å². The molecule has 3 heterocycles. The molecule has 1 amide bonds. The minimum atomic E-state index is -0.288. The van der Waals surface area contributed by atoms with Crippen LogP contribution in [0.2, 0.25) is 0 Å². The molecule has 1 saturated heterocycles. The zero-order chi connectivity index (χ0) is 25.1. The maximum atomic E-state index is 13.6. The highest BCUT2D eigenvalue weighted by Crippen LogP contribution is 2.39. The quantitative estimate of drug-likeness (QED) is 0.337. The molecule has 1 aliphatic heterocycles. The molecule has 2 unspecified atom stereocenters. The van der Waals surface area contributed by atoms with E-state index in [9.17, 15) is 9.18 Å². The molecule has 6 nitrogen and oxygen atoms in total. The van der Waals surface area contributed by atoms with Crippen molar-refractivity contribution in [1.82, 2.24) is 19.8 Å². The molecule has 0 aliphatic carbocycles. The number of amides is 1. The summed E-state index contributed by atoms with van der Waals surface area (Å²) in [6.07, 6.45) is 3.97. The number of nitrogens with one attached hydrogen (secondary N) is 2. The maximum absolute atomic E-state index is 13.6. The summed E-state index contributed by atoms with van der Waals surface area (Å²) < 4.78 is 15.6. The van der Waals surface area contributed by atoms with Crippen LogP contribution >= 0.6 is 12.2 Å². The summed E-state index contributed by atoms with van der Waals surface area (Å²) in [6.45, 7) is 2.39. The van der Waals surface area contributed by atoms with Crippen molar-refractivity contribution in [3.8, 4) is 5.69 Å². The van der Waals surface area contributed by atoms with Crippen LogP contribution < -0.4 is 10.6 Å². The van der Waals surface area contributed by atoms with E-state index in [2.05, 4.69) is 15.6 Å². The SMILES string of the molecule is Cc1ccccc1NC(=O)CCN1C(=S)NC(c2ccccn2)C1c1cccn1-c1ccc(F)cc1. The lowest BCUT2D eigenvalue weighted by molar-refractivity contribution is -0.116. The molecule has 2 atom stereocenters. The van der Waals surface area contributed by atoms with Crippen LogP contribution in [0.25, 0.3) is 5.69 Å². The first kappa shape index (κ1) is 23.7. The molecule has 4 aromatic rings. The molecule has 0 radical (unpaired) electrons. The molecule has 2 aromatic heterocycles. The molecule has 2 aromatic carbocycles. The van der Waals surface area contributed by atoms with E-state index in [1.807, 2.05) is 77.2 Å². The van der Waals surface area contributed by atoms with E-state index in [0.29, 0.717) is 11.7 Å². The smallest absolute Gasteiger partial charge is 0.226 e. The van der Waals surface area contributed by atoms with E-state index < -0.39 is 0 Å². The summed E-state index contributed by atoms with van der Waals surface area (Å²) in [7, 11) is 0. The first-order valence-electron chi connectivity index (χ1n) is 11.8. The number of thiocarbonyl (C=S) groups is 1. The number of nitrogens with zero attached hydrogens (tertiary/aromatic N) is 3. The van der Waals surface area contributed by atoms with Gasteiger partial charge in [-0.2, -0.15) is 0 Å². The van der Waals surface area contributed by atoms with Crippen LogP contribution in [-0.2, 0) is 4.79 Å². The van der Waals surface area contributed by atoms with E-state index in [-0.39, 0.29) is 30.2 Å². The first-order chi connectivity index (χ1) is 17.5. The highest BCUT2D eigenvalue weighted by molar-refractivity contribution is 7.80. The van der Waals surface area contributed by atoms with Crippen molar-refractivity contribution < 1.29 is 9.18 Å². The van der Waals surface area contributed by atoms with Crippen LogP contribution in [0, 0.1) is 12.7 Å². The second-order valence-corrected chi connectivity index (χ2v) is 9.10. The monoisotopic (exact) mass is 499 g/mol. The van der Waals surface area contributed by atoms with Crippen LogP contribution in [0.15, 0.2) is 91.3 Å². The number of carbonyl (C=O) groups is 1. The summed E-state index contributed by atoms with van der Waals surface area (Å²) in [4.78, 5) is 19.5. The Morgan fingerprint density at radius 2 is 1.83 bits per heavy atom. The average molecular weight is 500 g/mol. The van der Waals surface area contributed by atoms with Gasteiger partial charge in [0.25, 0.3) is 0 Å². The Balaban J connectivity index is 1.44. The largest absolute Gasteiger partial charge is 0.352 e. The normalized spacial score (nSPS) is 17.2. The zero-order valence-corrected chi connectivity index (χ0v) is 20.6. The van der Waals surface area contributed by atoms with Gasteiger partial charge in [0.05, 0.1) is 17.8 Å². The number of aryl methyl sites for hydroxylation is 1. The number of carbonyl (C=O) groups excluding carboxylic acids is 1. The zero-order valence-electron chi connectivity index (χ0n) is 19.8. The lowest BCUT2D eigenvalue weighted by Crippen LogP contribution is -2.33. The van der Waals surface area contributed by atoms with Gasteiger partial charge in [-0.1, -0.05) is 24.3 Å². The van der Waals surface area contributed by atoms with Gasteiger partial charge < -0.3 is 20.1 Å². The number of anilines is 1. The minimum absolute atomic E-state index is 0.0824. The Labute approximate surface area is 214 Å². The van der Waals surface area contributed by atoms with Crippen molar-refractivity contribution >= 4 is 28.9 Å². The van der Waals surface area contributed by atoms with Crippen molar-refractivity contribution in [3.63, 3.8) is 0 Å². The maximum Gasteiger partial charge on any atom is 0.226 e. The van der Waals surface area contributed by atoms with Gasteiger partial charge in [0.2, 0.25) is 5.91 Å². The van der Waals surface area contributed by atoms with Gasteiger partial charge in [0.1, 0.15) is 5.82 Å². The molecule has 182 valence electrons. The average Bonchev–Trinajstić information content (AvgIpc) is 3.49. The fraction of sp³-hybridized carbons (Fsp3) is 0.179. The molecular weight excluding hydrogens is 473 g/mol. The van der Waals surface area contributed by atoms with Crippen LogP contribution in [0.3, 0.4) is 0 Å². The van der Waals surface area contributed by atoms with Crippen molar-refractivity contribution in [3.05, 3.63) is 114 Å². The Bertz CT molecular complexity index is 1370. The highest BCUT2D eigenvalue weighted by Gasteiger charge is 2.41. The van der Waals surface area contributed by atoms with Crippen molar-refractivity contribution in [2.75, 3.05) is 11.9 Å². The Kier molecular flexibility index (Phi) is 6.77. The molecule has 1 fully saturated rings. The van der Waals surface area contributed by atoms with E-state index in [0.717, 1.165) is 28.3 Å². The van der Waals surface area contributed by atoms with E-state index in [1.54, 1.807) is 18.3 Å². The second kappa shape index (κ2) is 10.3. The van der Waals surface area contributed by atoms with Gasteiger partial charge in [-0.15, -0.1) is 0 Å². The Morgan fingerprint density at radius 1 is 1.06 bits per heavy atom. The first-order valence-corrected chi connectivity index (χ1v) is 12.2. The molecule has 0 saturated carbocycles. The summed E-state index contributed by atoms with van der Waals surface area (Å²) in [5.74, 6) is -0.370.